The first-order valence-corrected chi connectivity index (χ1v) is 8.22. The summed E-state index contributed by atoms with van der Waals surface area (Å²) in [5.74, 6) is 0.159. The Labute approximate surface area is 160 Å². The molecule has 0 amide bonds. The molecule has 0 aliphatic rings. The Morgan fingerprint density at radius 3 is 2.46 bits per heavy atom. The fourth-order valence-corrected chi connectivity index (χ4v) is 2.80. The van der Waals surface area contributed by atoms with Gasteiger partial charge in [-0.1, -0.05) is 53.5 Å². The van der Waals surface area contributed by atoms with Crippen molar-refractivity contribution in [1.82, 2.24) is 9.78 Å². The third-order valence-electron chi connectivity index (χ3n) is 3.69. The van der Waals surface area contributed by atoms with Crippen molar-refractivity contribution in [1.29, 1.82) is 10.5 Å². The number of rotatable bonds is 3. The van der Waals surface area contributed by atoms with Gasteiger partial charge in [0.15, 0.2) is 0 Å². The van der Waals surface area contributed by atoms with Crippen molar-refractivity contribution in [2.75, 3.05) is 5.73 Å². The molecule has 0 unspecified atom stereocenters. The second-order valence-electron chi connectivity index (χ2n) is 5.28. The highest BCUT2D eigenvalue weighted by molar-refractivity contribution is 6.43. The fourth-order valence-electron chi connectivity index (χ4n) is 2.44. The van der Waals surface area contributed by atoms with Gasteiger partial charge in [-0.25, -0.2) is 4.68 Å². The van der Waals surface area contributed by atoms with E-state index in [1.54, 1.807) is 30.3 Å². The van der Waals surface area contributed by atoms with Gasteiger partial charge in [-0.15, -0.1) is 0 Å². The van der Waals surface area contributed by atoms with Crippen LogP contribution in [0, 0.1) is 22.7 Å². The number of nitriles is 2. The molecule has 1 heterocycles. The number of hydrogen-bond acceptors (Lipinski definition) is 4. The molecule has 2 aromatic carbocycles. The summed E-state index contributed by atoms with van der Waals surface area (Å²) in [5.41, 5.74) is 7.79. The second-order valence-corrected chi connectivity index (χ2v) is 6.07. The lowest BCUT2D eigenvalue weighted by molar-refractivity contribution is 0.885. The molecule has 0 aliphatic carbocycles. The number of hydrogen-bond donors (Lipinski definition) is 1. The van der Waals surface area contributed by atoms with Crippen molar-refractivity contribution in [2.45, 2.75) is 0 Å². The Morgan fingerprint density at radius 2 is 1.81 bits per heavy atom. The molecule has 5 nitrogen and oxygen atoms in total. The molecule has 0 radical (unpaired) electrons. The minimum atomic E-state index is 0.125. The number of benzene rings is 2. The van der Waals surface area contributed by atoms with Crippen LogP contribution in [0.2, 0.25) is 10.0 Å². The first-order chi connectivity index (χ1) is 12.6. The van der Waals surface area contributed by atoms with Crippen LogP contribution in [0.4, 0.5) is 5.82 Å². The van der Waals surface area contributed by atoms with Crippen LogP contribution < -0.4 is 5.73 Å². The lowest BCUT2D eigenvalue weighted by atomic mass is 10.1. The average Bonchev–Trinajstić information content (AvgIpc) is 3.00. The molecule has 2 N–H and O–H groups in total. The normalized spacial score (nSPS) is 11.0. The van der Waals surface area contributed by atoms with Gasteiger partial charge < -0.3 is 5.73 Å². The molecular weight excluding hydrogens is 369 g/mol. The first kappa shape index (κ1) is 17.6. The highest BCUT2D eigenvalue weighted by Gasteiger charge is 2.20. The van der Waals surface area contributed by atoms with Crippen molar-refractivity contribution in [2.24, 2.45) is 0 Å². The van der Waals surface area contributed by atoms with E-state index < -0.39 is 0 Å². The predicted molar refractivity (Wildman–Crippen MR) is 103 cm³/mol. The van der Waals surface area contributed by atoms with Crippen molar-refractivity contribution >= 4 is 40.7 Å². The number of halogens is 2. The topological polar surface area (TPSA) is 91.4 Å². The molecule has 3 aromatic rings. The standard InChI is InChI=1S/C19H11Cl2N5/c20-16-8-4-5-12(17(16)21)9-13(10-22)18-15(11-23)19(24)26(25-18)14-6-2-1-3-7-14/h1-9H,24H2/b13-9+. The van der Waals surface area contributed by atoms with Crippen LogP contribution in [0.5, 0.6) is 0 Å². The van der Waals surface area contributed by atoms with Gasteiger partial charge in [-0.05, 0) is 29.8 Å². The summed E-state index contributed by atoms with van der Waals surface area (Å²) in [6.45, 7) is 0. The molecule has 0 bridgehead atoms. The van der Waals surface area contributed by atoms with Gasteiger partial charge >= 0.3 is 0 Å². The van der Waals surface area contributed by atoms with Crippen LogP contribution in [0.25, 0.3) is 17.3 Å². The maximum Gasteiger partial charge on any atom is 0.145 e. The van der Waals surface area contributed by atoms with Crippen molar-refractivity contribution in [3.05, 3.63) is 75.4 Å². The van der Waals surface area contributed by atoms with E-state index in [0.717, 1.165) is 0 Å². The van der Waals surface area contributed by atoms with E-state index in [4.69, 9.17) is 28.9 Å². The molecule has 0 saturated carbocycles. The number of nitrogens with two attached hydrogens (primary N) is 1. The summed E-state index contributed by atoms with van der Waals surface area (Å²) in [6.07, 6.45) is 1.53. The molecule has 0 saturated heterocycles. The minimum Gasteiger partial charge on any atom is -0.382 e. The molecule has 126 valence electrons. The predicted octanol–water partition coefficient (Wildman–Crippen LogP) is 4.70. The third-order valence-corrected chi connectivity index (χ3v) is 4.52. The zero-order valence-electron chi connectivity index (χ0n) is 13.3. The Kier molecular flexibility index (Phi) is 4.95. The molecule has 26 heavy (non-hydrogen) atoms. The largest absolute Gasteiger partial charge is 0.382 e. The van der Waals surface area contributed by atoms with Gasteiger partial charge in [0.25, 0.3) is 0 Å². The molecule has 7 heteroatoms. The summed E-state index contributed by atoms with van der Waals surface area (Å²) in [7, 11) is 0. The van der Waals surface area contributed by atoms with Crippen molar-refractivity contribution in [3.63, 3.8) is 0 Å². The Balaban J connectivity index is 2.19. The summed E-state index contributed by atoms with van der Waals surface area (Å²) in [6, 6.07) is 18.3. The summed E-state index contributed by atoms with van der Waals surface area (Å²) < 4.78 is 1.43. The van der Waals surface area contributed by atoms with Gasteiger partial charge in [0.1, 0.15) is 29.2 Å². The number of allylic oxidation sites excluding steroid dienone is 1. The van der Waals surface area contributed by atoms with Crippen LogP contribution in [0.3, 0.4) is 0 Å². The molecule has 0 spiro atoms. The zero-order valence-corrected chi connectivity index (χ0v) is 14.8. The smallest absolute Gasteiger partial charge is 0.145 e. The maximum absolute atomic E-state index is 9.60. The lowest BCUT2D eigenvalue weighted by Crippen LogP contribution is -2.02. The van der Waals surface area contributed by atoms with E-state index in [-0.39, 0.29) is 22.6 Å². The van der Waals surface area contributed by atoms with E-state index >= 15 is 0 Å². The first-order valence-electron chi connectivity index (χ1n) is 7.47. The van der Waals surface area contributed by atoms with Crippen molar-refractivity contribution < 1.29 is 0 Å². The van der Waals surface area contributed by atoms with Gasteiger partial charge in [0, 0.05) is 0 Å². The number of nitrogen functional groups attached to an aromatic ring is 1. The number of aromatic nitrogens is 2. The van der Waals surface area contributed by atoms with Crippen LogP contribution >= 0.6 is 23.2 Å². The Bertz CT molecular complexity index is 1090. The van der Waals surface area contributed by atoms with Gasteiger partial charge in [0.05, 0.1) is 21.3 Å². The Hall–Kier alpha value is -3.25. The van der Waals surface area contributed by atoms with Crippen LogP contribution in [0.1, 0.15) is 16.8 Å². The number of para-hydroxylation sites is 1. The highest BCUT2D eigenvalue weighted by atomic mass is 35.5. The molecular formula is C19H11Cl2N5. The molecule has 1 aromatic heterocycles. The number of anilines is 1. The Morgan fingerprint density at radius 1 is 1.08 bits per heavy atom. The van der Waals surface area contributed by atoms with Gasteiger partial charge in [0.2, 0.25) is 0 Å². The van der Waals surface area contributed by atoms with E-state index in [9.17, 15) is 10.5 Å². The number of nitrogens with zero attached hydrogens (tertiary/aromatic N) is 4. The minimum absolute atomic E-state index is 0.125. The summed E-state index contributed by atoms with van der Waals surface area (Å²) in [4.78, 5) is 0. The quantitative estimate of drug-likeness (QED) is 0.667. The van der Waals surface area contributed by atoms with Gasteiger partial charge in [-0.2, -0.15) is 15.6 Å². The maximum atomic E-state index is 9.60. The van der Waals surface area contributed by atoms with E-state index in [1.807, 2.05) is 24.3 Å². The second kappa shape index (κ2) is 7.33. The lowest BCUT2D eigenvalue weighted by Gasteiger charge is -2.02. The van der Waals surface area contributed by atoms with Crippen LogP contribution in [-0.4, -0.2) is 9.78 Å². The van der Waals surface area contributed by atoms with Crippen LogP contribution in [-0.2, 0) is 0 Å². The molecule has 0 atom stereocenters. The SMILES string of the molecule is N#C/C(=C\c1cccc(Cl)c1Cl)c1nn(-c2ccccc2)c(N)c1C#N. The third kappa shape index (κ3) is 3.14. The van der Waals surface area contributed by atoms with E-state index in [1.165, 1.54) is 10.8 Å². The fraction of sp³-hybridized carbons (Fsp3) is 0. The molecule has 0 fully saturated rings. The van der Waals surface area contributed by atoms with Gasteiger partial charge in [-0.3, -0.25) is 0 Å². The monoisotopic (exact) mass is 379 g/mol. The zero-order chi connectivity index (χ0) is 18.7. The molecule has 0 aliphatic heterocycles. The van der Waals surface area contributed by atoms with Crippen LogP contribution in [0.15, 0.2) is 48.5 Å². The summed E-state index contributed by atoms with van der Waals surface area (Å²) in [5, 5.41) is 24.2. The van der Waals surface area contributed by atoms with E-state index in [0.29, 0.717) is 21.3 Å². The molecule has 3 rings (SSSR count). The summed E-state index contributed by atoms with van der Waals surface area (Å²) >= 11 is 12.2. The van der Waals surface area contributed by atoms with Crippen molar-refractivity contribution in [3.8, 4) is 17.8 Å². The highest BCUT2D eigenvalue weighted by Crippen LogP contribution is 2.31. The van der Waals surface area contributed by atoms with E-state index in [2.05, 4.69) is 11.2 Å². The average molecular weight is 380 g/mol.